The summed E-state index contributed by atoms with van der Waals surface area (Å²) in [4.78, 5) is 11.4. The van der Waals surface area contributed by atoms with E-state index in [1.807, 2.05) is 0 Å². The highest BCUT2D eigenvalue weighted by molar-refractivity contribution is 7.92. The molecule has 0 bridgehead atoms. The second kappa shape index (κ2) is 6.15. The van der Waals surface area contributed by atoms with Crippen molar-refractivity contribution >= 4 is 33.3 Å². The van der Waals surface area contributed by atoms with Crippen molar-refractivity contribution in [2.24, 2.45) is 0 Å². The maximum absolute atomic E-state index is 12.2. The maximum atomic E-state index is 12.2. The minimum Gasteiger partial charge on any atom is -0.465 e. The predicted octanol–water partition coefficient (Wildman–Crippen LogP) is 2.93. The van der Waals surface area contributed by atoms with Crippen molar-refractivity contribution in [3.05, 3.63) is 59.1 Å². The Labute approximate surface area is 127 Å². The third-order valence-corrected chi connectivity index (χ3v) is 4.28. The Morgan fingerprint density at radius 1 is 1.14 bits per heavy atom. The van der Waals surface area contributed by atoms with E-state index in [1.54, 1.807) is 12.1 Å². The van der Waals surface area contributed by atoms with Gasteiger partial charge in [0.25, 0.3) is 10.0 Å². The summed E-state index contributed by atoms with van der Waals surface area (Å²) < 4.78 is 31.3. The van der Waals surface area contributed by atoms with Crippen molar-refractivity contribution in [1.82, 2.24) is 0 Å². The van der Waals surface area contributed by atoms with Crippen LogP contribution in [0, 0.1) is 0 Å². The van der Waals surface area contributed by atoms with Crippen molar-refractivity contribution < 1.29 is 17.9 Å². The van der Waals surface area contributed by atoms with Crippen molar-refractivity contribution in [2.75, 3.05) is 11.8 Å². The molecule has 2 aromatic rings. The van der Waals surface area contributed by atoms with Crippen LogP contribution in [0.1, 0.15) is 10.4 Å². The van der Waals surface area contributed by atoms with Gasteiger partial charge in [0.05, 0.1) is 17.6 Å². The van der Waals surface area contributed by atoms with Crippen LogP contribution < -0.4 is 4.72 Å². The van der Waals surface area contributed by atoms with Crippen LogP contribution in [0.25, 0.3) is 0 Å². The first kappa shape index (κ1) is 15.3. The monoisotopic (exact) mass is 325 g/mol. The lowest BCUT2D eigenvalue weighted by atomic mass is 10.2. The fourth-order valence-corrected chi connectivity index (χ4v) is 3.00. The van der Waals surface area contributed by atoms with Gasteiger partial charge in [-0.15, -0.1) is 0 Å². The molecule has 1 N–H and O–H groups in total. The largest absolute Gasteiger partial charge is 0.465 e. The molecule has 0 amide bonds. The van der Waals surface area contributed by atoms with E-state index in [4.69, 9.17) is 11.6 Å². The number of halogens is 1. The zero-order valence-corrected chi connectivity index (χ0v) is 12.6. The predicted molar refractivity (Wildman–Crippen MR) is 80.0 cm³/mol. The van der Waals surface area contributed by atoms with Gasteiger partial charge < -0.3 is 4.74 Å². The summed E-state index contributed by atoms with van der Waals surface area (Å²) in [6, 6.07) is 11.8. The fourth-order valence-electron chi connectivity index (χ4n) is 1.64. The molecule has 0 unspecified atom stereocenters. The van der Waals surface area contributed by atoms with E-state index in [1.165, 1.54) is 43.5 Å². The summed E-state index contributed by atoms with van der Waals surface area (Å²) in [5.74, 6) is -0.487. The first-order valence-electron chi connectivity index (χ1n) is 5.89. The van der Waals surface area contributed by atoms with Crippen LogP contribution in [0.2, 0.25) is 5.02 Å². The summed E-state index contributed by atoms with van der Waals surface area (Å²) >= 11 is 5.78. The quantitative estimate of drug-likeness (QED) is 0.877. The van der Waals surface area contributed by atoms with Crippen LogP contribution in [0.4, 0.5) is 5.69 Å². The first-order valence-corrected chi connectivity index (χ1v) is 7.75. The third-order valence-electron chi connectivity index (χ3n) is 2.66. The molecule has 2 aromatic carbocycles. The lowest BCUT2D eigenvalue weighted by Crippen LogP contribution is -2.13. The summed E-state index contributed by atoms with van der Waals surface area (Å²) in [6.45, 7) is 0. The second-order valence-corrected chi connectivity index (χ2v) is 6.25. The number of nitrogens with one attached hydrogen (secondary N) is 1. The molecule has 0 spiro atoms. The van der Waals surface area contributed by atoms with Crippen LogP contribution in [0.3, 0.4) is 0 Å². The summed E-state index contributed by atoms with van der Waals surface area (Å²) in [5, 5.41) is 0.332. The molecule has 0 radical (unpaired) electrons. The molecule has 7 heteroatoms. The molecule has 0 saturated carbocycles. The molecule has 0 aromatic heterocycles. The average molecular weight is 326 g/mol. The van der Waals surface area contributed by atoms with Crippen LogP contribution in [-0.2, 0) is 14.8 Å². The number of carbonyl (C=O) groups excluding carboxylic acids is 1. The topological polar surface area (TPSA) is 72.5 Å². The highest BCUT2D eigenvalue weighted by Crippen LogP contribution is 2.19. The van der Waals surface area contributed by atoms with Gasteiger partial charge in [0.1, 0.15) is 0 Å². The molecule has 0 aliphatic rings. The Bertz CT molecular complexity index is 757. The Morgan fingerprint density at radius 2 is 1.81 bits per heavy atom. The minimum atomic E-state index is -3.73. The molecule has 0 heterocycles. The molecular formula is C14H12ClNO4S. The standard InChI is InChI=1S/C14H12ClNO4S/c1-20-14(17)10-5-7-12(8-6-10)16-21(18,19)13-4-2-3-11(15)9-13/h2-9,16H,1H3. The van der Waals surface area contributed by atoms with E-state index in [9.17, 15) is 13.2 Å². The van der Waals surface area contributed by atoms with Gasteiger partial charge in [-0.2, -0.15) is 0 Å². The SMILES string of the molecule is COC(=O)c1ccc(NS(=O)(=O)c2cccc(Cl)c2)cc1. The maximum Gasteiger partial charge on any atom is 0.337 e. The van der Waals surface area contributed by atoms with Gasteiger partial charge >= 0.3 is 5.97 Å². The molecule has 2 rings (SSSR count). The van der Waals surface area contributed by atoms with E-state index in [0.29, 0.717) is 16.3 Å². The number of sulfonamides is 1. The Morgan fingerprint density at radius 3 is 2.38 bits per heavy atom. The van der Waals surface area contributed by atoms with Crippen LogP contribution in [0.15, 0.2) is 53.4 Å². The van der Waals surface area contributed by atoms with Crippen molar-refractivity contribution in [3.63, 3.8) is 0 Å². The van der Waals surface area contributed by atoms with Gasteiger partial charge in [-0.1, -0.05) is 17.7 Å². The molecule has 0 saturated heterocycles. The van der Waals surface area contributed by atoms with Gasteiger partial charge in [-0.25, -0.2) is 13.2 Å². The van der Waals surface area contributed by atoms with E-state index < -0.39 is 16.0 Å². The van der Waals surface area contributed by atoms with Crippen LogP contribution >= 0.6 is 11.6 Å². The summed E-state index contributed by atoms with van der Waals surface area (Å²) in [5.41, 5.74) is 0.672. The molecule has 110 valence electrons. The van der Waals surface area contributed by atoms with Gasteiger partial charge in [0, 0.05) is 10.7 Å². The lowest BCUT2D eigenvalue weighted by Gasteiger charge is -2.08. The minimum absolute atomic E-state index is 0.0621. The smallest absolute Gasteiger partial charge is 0.337 e. The molecule has 0 fully saturated rings. The van der Waals surface area contributed by atoms with Crippen LogP contribution in [0.5, 0.6) is 0 Å². The number of esters is 1. The first-order chi connectivity index (χ1) is 9.92. The Balaban J connectivity index is 2.23. The molecule has 0 atom stereocenters. The molecule has 0 aliphatic heterocycles. The molecule has 0 aliphatic carbocycles. The van der Waals surface area contributed by atoms with E-state index in [-0.39, 0.29) is 4.90 Å². The highest BCUT2D eigenvalue weighted by atomic mass is 35.5. The number of carbonyl (C=O) groups is 1. The summed E-state index contributed by atoms with van der Waals surface area (Å²) in [7, 11) is -2.45. The number of anilines is 1. The number of hydrogen-bond acceptors (Lipinski definition) is 4. The highest BCUT2D eigenvalue weighted by Gasteiger charge is 2.14. The molecular weight excluding hydrogens is 314 g/mol. The van der Waals surface area contributed by atoms with E-state index in [2.05, 4.69) is 9.46 Å². The Hall–Kier alpha value is -2.05. The van der Waals surface area contributed by atoms with Crippen molar-refractivity contribution in [3.8, 4) is 0 Å². The van der Waals surface area contributed by atoms with Crippen molar-refractivity contribution in [2.45, 2.75) is 4.90 Å². The number of hydrogen-bond donors (Lipinski definition) is 1. The Kier molecular flexibility index (Phi) is 4.50. The van der Waals surface area contributed by atoms with Gasteiger partial charge in [0.2, 0.25) is 0 Å². The average Bonchev–Trinajstić information content (AvgIpc) is 2.47. The zero-order chi connectivity index (χ0) is 15.5. The number of methoxy groups -OCH3 is 1. The fraction of sp³-hybridized carbons (Fsp3) is 0.0714. The summed E-state index contributed by atoms with van der Waals surface area (Å²) in [6.07, 6.45) is 0. The third kappa shape index (κ3) is 3.74. The molecule has 5 nitrogen and oxygen atoms in total. The van der Waals surface area contributed by atoms with Gasteiger partial charge in [-0.3, -0.25) is 4.72 Å². The van der Waals surface area contributed by atoms with Crippen LogP contribution in [-0.4, -0.2) is 21.5 Å². The van der Waals surface area contributed by atoms with E-state index >= 15 is 0 Å². The second-order valence-electron chi connectivity index (χ2n) is 4.13. The molecule has 21 heavy (non-hydrogen) atoms. The number of benzene rings is 2. The number of ether oxygens (including phenoxy) is 1. The zero-order valence-electron chi connectivity index (χ0n) is 11.0. The van der Waals surface area contributed by atoms with Gasteiger partial charge in [-0.05, 0) is 42.5 Å². The van der Waals surface area contributed by atoms with E-state index in [0.717, 1.165) is 0 Å². The normalized spacial score (nSPS) is 11.0. The van der Waals surface area contributed by atoms with Gasteiger partial charge in [0.15, 0.2) is 0 Å². The lowest BCUT2D eigenvalue weighted by molar-refractivity contribution is 0.0601. The number of rotatable bonds is 4. The van der Waals surface area contributed by atoms with Crippen molar-refractivity contribution in [1.29, 1.82) is 0 Å².